The highest BCUT2D eigenvalue weighted by Gasteiger charge is 2.36. The van der Waals surface area contributed by atoms with Crippen molar-refractivity contribution in [1.82, 2.24) is 4.90 Å². The van der Waals surface area contributed by atoms with Gasteiger partial charge in [0.1, 0.15) is 5.75 Å². The molecule has 1 aliphatic heterocycles. The molecule has 182 valence electrons. The molecule has 2 fully saturated rings. The van der Waals surface area contributed by atoms with Gasteiger partial charge in [-0.05, 0) is 80.5 Å². The molecule has 34 heavy (non-hydrogen) atoms. The lowest BCUT2D eigenvalue weighted by molar-refractivity contribution is -0.152. The van der Waals surface area contributed by atoms with Crippen LogP contribution in [0.3, 0.4) is 0 Å². The standard InChI is InChI=1S/C27H31Cl2NO4/c1-27(2,26(32)33)34-21-10-8-17(9-11-21)19-15-23(28)22(24(29)16-19)14-18-12-13-30(25(18)31)20-6-4-3-5-7-20/h8-11,15-16,18,20H,3-7,12-14H2,1-2H3,(H,32,33). The van der Waals surface area contributed by atoms with Gasteiger partial charge in [-0.15, -0.1) is 0 Å². The second-order valence-corrected chi connectivity index (χ2v) is 10.7. The number of carbonyl (C=O) groups excluding carboxylic acids is 1. The first-order chi connectivity index (χ1) is 16.2. The average molecular weight is 504 g/mol. The number of likely N-dealkylation sites (tertiary alicyclic amines) is 1. The number of rotatable bonds is 7. The Kier molecular flexibility index (Phi) is 7.44. The minimum absolute atomic E-state index is 0.0724. The van der Waals surface area contributed by atoms with E-state index >= 15 is 0 Å². The summed E-state index contributed by atoms with van der Waals surface area (Å²) in [6.45, 7) is 3.84. The summed E-state index contributed by atoms with van der Waals surface area (Å²) in [6, 6.07) is 11.3. The predicted molar refractivity (Wildman–Crippen MR) is 135 cm³/mol. The minimum atomic E-state index is -1.32. The molecule has 0 radical (unpaired) electrons. The Balaban J connectivity index is 1.46. The van der Waals surface area contributed by atoms with Crippen molar-refractivity contribution in [2.45, 2.75) is 70.4 Å². The molecular weight excluding hydrogens is 473 g/mol. The molecule has 1 N–H and O–H groups in total. The van der Waals surface area contributed by atoms with Crippen molar-refractivity contribution < 1.29 is 19.4 Å². The molecule has 0 bridgehead atoms. The van der Waals surface area contributed by atoms with Crippen molar-refractivity contribution in [1.29, 1.82) is 0 Å². The highest BCUT2D eigenvalue weighted by Crippen LogP contribution is 2.37. The zero-order valence-corrected chi connectivity index (χ0v) is 21.2. The van der Waals surface area contributed by atoms with Gasteiger partial charge in [0, 0.05) is 28.5 Å². The van der Waals surface area contributed by atoms with Crippen LogP contribution in [-0.4, -0.2) is 40.1 Å². The molecule has 2 aromatic rings. The topological polar surface area (TPSA) is 66.8 Å². The fourth-order valence-corrected chi connectivity index (χ4v) is 5.61. The molecule has 1 amide bonds. The molecule has 2 aromatic carbocycles. The third-order valence-electron chi connectivity index (χ3n) is 7.03. The molecule has 1 unspecified atom stereocenters. The quantitative estimate of drug-likeness (QED) is 0.460. The molecule has 2 aliphatic rings. The number of ether oxygens (including phenoxy) is 1. The Morgan fingerprint density at radius 1 is 1.03 bits per heavy atom. The van der Waals surface area contributed by atoms with Crippen molar-refractivity contribution in [3.8, 4) is 16.9 Å². The lowest BCUT2D eigenvalue weighted by Crippen LogP contribution is -2.39. The summed E-state index contributed by atoms with van der Waals surface area (Å²) in [6.07, 6.45) is 7.33. The molecule has 5 nitrogen and oxygen atoms in total. The molecule has 1 atom stereocenters. The molecule has 0 spiro atoms. The van der Waals surface area contributed by atoms with Gasteiger partial charge >= 0.3 is 5.97 Å². The van der Waals surface area contributed by atoms with E-state index < -0.39 is 11.6 Å². The smallest absolute Gasteiger partial charge is 0.347 e. The highest BCUT2D eigenvalue weighted by molar-refractivity contribution is 6.36. The van der Waals surface area contributed by atoms with Crippen LogP contribution < -0.4 is 4.74 Å². The predicted octanol–water partition coefficient (Wildman–Crippen LogP) is 6.63. The van der Waals surface area contributed by atoms with Crippen LogP contribution in [0.2, 0.25) is 10.0 Å². The monoisotopic (exact) mass is 503 g/mol. The van der Waals surface area contributed by atoms with Crippen molar-refractivity contribution in [2.75, 3.05) is 6.54 Å². The molecule has 0 aromatic heterocycles. The zero-order chi connectivity index (χ0) is 24.5. The van der Waals surface area contributed by atoms with Gasteiger partial charge < -0.3 is 14.7 Å². The van der Waals surface area contributed by atoms with Gasteiger partial charge in [0.2, 0.25) is 5.91 Å². The van der Waals surface area contributed by atoms with Crippen LogP contribution >= 0.6 is 23.2 Å². The number of carboxylic acids is 1. The van der Waals surface area contributed by atoms with Crippen LogP contribution in [0, 0.1) is 5.92 Å². The molecule has 7 heteroatoms. The van der Waals surface area contributed by atoms with E-state index in [9.17, 15) is 14.7 Å². The normalized spacial score (nSPS) is 19.5. The van der Waals surface area contributed by atoms with E-state index in [0.717, 1.165) is 42.5 Å². The van der Waals surface area contributed by atoms with Gasteiger partial charge in [-0.3, -0.25) is 4.79 Å². The number of nitrogens with zero attached hydrogens (tertiary/aromatic N) is 1. The van der Waals surface area contributed by atoms with Gasteiger partial charge in [-0.2, -0.15) is 0 Å². The Morgan fingerprint density at radius 3 is 2.24 bits per heavy atom. The van der Waals surface area contributed by atoms with Crippen molar-refractivity contribution in [3.05, 3.63) is 52.0 Å². The number of carbonyl (C=O) groups is 2. The van der Waals surface area contributed by atoms with Gasteiger partial charge in [0.05, 0.1) is 0 Å². The van der Waals surface area contributed by atoms with Gasteiger partial charge in [-0.1, -0.05) is 54.6 Å². The molecule has 4 rings (SSSR count). The molecule has 1 aliphatic carbocycles. The first-order valence-electron chi connectivity index (χ1n) is 12.0. The number of amides is 1. The van der Waals surface area contributed by atoms with Crippen LogP contribution in [0.4, 0.5) is 0 Å². The number of hydrogen-bond donors (Lipinski definition) is 1. The summed E-state index contributed by atoms with van der Waals surface area (Å²) in [7, 11) is 0. The van der Waals surface area contributed by atoms with Gasteiger partial charge in [-0.25, -0.2) is 4.79 Å². The second-order valence-electron chi connectivity index (χ2n) is 9.87. The number of benzene rings is 2. The first-order valence-corrected chi connectivity index (χ1v) is 12.7. The average Bonchev–Trinajstić information content (AvgIpc) is 3.17. The summed E-state index contributed by atoms with van der Waals surface area (Å²) in [5, 5.41) is 10.4. The fourth-order valence-electron chi connectivity index (χ4n) is 4.97. The van der Waals surface area contributed by atoms with Gasteiger partial charge in [0.15, 0.2) is 5.60 Å². The SMILES string of the molecule is CC(C)(Oc1ccc(-c2cc(Cl)c(CC3CCN(C4CCCCC4)C3=O)c(Cl)c2)cc1)C(=O)O. The van der Waals surface area contributed by atoms with E-state index in [2.05, 4.69) is 4.90 Å². The summed E-state index contributed by atoms with van der Waals surface area (Å²) >= 11 is 13.3. The van der Waals surface area contributed by atoms with Crippen molar-refractivity contribution >= 4 is 35.1 Å². The minimum Gasteiger partial charge on any atom is -0.478 e. The Hall–Kier alpha value is -2.24. The van der Waals surface area contributed by atoms with Gasteiger partial charge in [0.25, 0.3) is 0 Å². The van der Waals surface area contributed by atoms with E-state index in [4.69, 9.17) is 27.9 Å². The molecular formula is C27H31Cl2NO4. The Bertz CT molecular complexity index is 1040. The summed E-state index contributed by atoms with van der Waals surface area (Å²) in [4.78, 5) is 26.5. The van der Waals surface area contributed by atoms with E-state index in [1.54, 1.807) is 12.1 Å². The number of hydrogen-bond acceptors (Lipinski definition) is 3. The molecule has 1 saturated carbocycles. The molecule has 1 heterocycles. The van der Waals surface area contributed by atoms with E-state index in [-0.39, 0.29) is 11.8 Å². The number of halogens is 2. The maximum atomic E-state index is 13.1. The number of aliphatic carboxylic acids is 1. The van der Waals surface area contributed by atoms with Crippen LogP contribution in [0.5, 0.6) is 5.75 Å². The van der Waals surface area contributed by atoms with Crippen molar-refractivity contribution in [2.24, 2.45) is 5.92 Å². The Morgan fingerprint density at radius 2 is 1.65 bits per heavy atom. The lowest BCUT2D eigenvalue weighted by Gasteiger charge is -2.31. The van der Waals surface area contributed by atoms with E-state index in [1.807, 2.05) is 24.3 Å². The third-order valence-corrected chi connectivity index (χ3v) is 7.71. The largest absolute Gasteiger partial charge is 0.478 e. The van der Waals surface area contributed by atoms with Crippen LogP contribution in [0.1, 0.15) is 57.9 Å². The highest BCUT2D eigenvalue weighted by atomic mass is 35.5. The Labute approximate surface area is 211 Å². The fraction of sp³-hybridized carbons (Fsp3) is 0.481. The second kappa shape index (κ2) is 10.2. The summed E-state index contributed by atoms with van der Waals surface area (Å²) in [5.41, 5.74) is 1.24. The zero-order valence-electron chi connectivity index (χ0n) is 19.7. The third kappa shape index (κ3) is 5.36. The molecule has 1 saturated heterocycles. The van der Waals surface area contributed by atoms with Crippen LogP contribution in [0.15, 0.2) is 36.4 Å². The van der Waals surface area contributed by atoms with Crippen LogP contribution in [0.25, 0.3) is 11.1 Å². The van der Waals surface area contributed by atoms with Crippen molar-refractivity contribution in [3.63, 3.8) is 0 Å². The maximum absolute atomic E-state index is 13.1. The lowest BCUT2D eigenvalue weighted by atomic mass is 9.93. The maximum Gasteiger partial charge on any atom is 0.347 e. The summed E-state index contributed by atoms with van der Waals surface area (Å²) in [5.74, 6) is -0.402. The number of carboxylic acid groups (broad SMARTS) is 1. The van der Waals surface area contributed by atoms with E-state index in [1.165, 1.54) is 33.1 Å². The summed E-state index contributed by atoms with van der Waals surface area (Å²) < 4.78 is 5.57. The van der Waals surface area contributed by atoms with E-state index in [0.29, 0.717) is 28.3 Å². The first kappa shape index (κ1) is 24.9. The van der Waals surface area contributed by atoms with Crippen LogP contribution in [-0.2, 0) is 16.0 Å².